The van der Waals surface area contributed by atoms with Crippen LogP contribution >= 0.6 is 0 Å². The summed E-state index contributed by atoms with van der Waals surface area (Å²) in [6.45, 7) is 1.67. The Morgan fingerprint density at radius 3 is 2.42 bits per heavy atom. The van der Waals surface area contributed by atoms with E-state index in [-0.39, 0.29) is 25.3 Å². The zero-order chi connectivity index (χ0) is 13.7. The van der Waals surface area contributed by atoms with Gasteiger partial charge in [0.2, 0.25) is 5.91 Å². The van der Waals surface area contributed by atoms with Crippen molar-refractivity contribution in [3.63, 3.8) is 0 Å². The van der Waals surface area contributed by atoms with E-state index in [2.05, 4.69) is 5.32 Å². The molecular formula is C14H24F2N2O. The molecule has 1 N–H and O–H groups in total. The van der Waals surface area contributed by atoms with Gasteiger partial charge in [0.1, 0.15) is 0 Å². The molecule has 2 aliphatic rings. The third-order valence-corrected chi connectivity index (χ3v) is 4.27. The number of rotatable bonds is 4. The summed E-state index contributed by atoms with van der Waals surface area (Å²) in [5.74, 6) is -1.94. The number of nitrogens with one attached hydrogen (secondary N) is 1. The Bertz CT molecular complexity index is 294. The van der Waals surface area contributed by atoms with E-state index in [1.54, 1.807) is 0 Å². The minimum Gasteiger partial charge on any atom is -0.355 e. The first-order valence-electron chi connectivity index (χ1n) is 7.42. The maximum absolute atomic E-state index is 13.0. The SMILES string of the molecule is O=C(CN1CCC(F)(F)CC1)NCC1CCCCC1. The summed E-state index contributed by atoms with van der Waals surface area (Å²) >= 11 is 0. The quantitative estimate of drug-likeness (QED) is 0.854. The van der Waals surface area contributed by atoms with Crippen molar-refractivity contribution in [1.82, 2.24) is 10.2 Å². The van der Waals surface area contributed by atoms with Crippen LogP contribution in [0.3, 0.4) is 0 Å². The van der Waals surface area contributed by atoms with Gasteiger partial charge in [-0.3, -0.25) is 9.69 Å². The lowest BCUT2D eigenvalue weighted by molar-refractivity contribution is -0.124. The second-order valence-electron chi connectivity index (χ2n) is 5.94. The molecule has 0 radical (unpaired) electrons. The van der Waals surface area contributed by atoms with Gasteiger partial charge >= 0.3 is 0 Å². The van der Waals surface area contributed by atoms with Gasteiger partial charge in [-0.05, 0) is 18.8 Å². The van der Waals surface area contributed by atoms with Crippen molar-refractivity contribution in [3.05, 3.63) is 0 Å². The normalized spacial score (nSPS) is 25.2. The molecule has 0 aromatic rings. The maximum atomic E-state index is 13.0. The van der Waals surface area contributed by atoms with Crippen molar-refractivity contribution in [3.8, 4) is 0 Å². The summed E-state index contributed by atoms with van der Waals surface area (Å²) in [5, 5.41) is 2.95. The van der Waals surface area contributed by atoms with E-state index in [0.717, 1.165) is 6.54 Å². The van der Waals surface area contributed by atoms with Gasteiger partial charge in [0.15, 0.2) is 0 Å². The Hall–Kier alpha value is -0.710. The fourth-order valence-electron chi connectivity index (χ4n) is 2.95. The largest absolute Gasteiger partial charge is 0.355 e. The molecule has 5 heteroatoms. The van der Waals surface area contributed by atoms with Gasteiger partial charge < -0.3 is 5.32 Å². The van der Waals surface area contributed by atoms with Crippen LogP contribution in [-0.4, -0.2) is 42.9 Å². The van der Waals surface area contributed by atoms with Crippen LogP contribution in [0.15, 0.2) is 0 Å². The van der Waals surface area contributed by atoms with Crippen LogP contribution < -0.4 is 5.32 Å². The van der Waals surface area contributed by atoms with Gasteiger partial charge in [-0.1, -0.05) is 19.3 Å². The van der Waals surface area contributed by atoms with Gasteiger partial charge in [0, 0.05) is 32.5 Å². The zero-order valence-corrected chi connectivity index (χ0v) is 11.5. The molecule has 1 aliphatic carbocycles. The Balaban J connectivity index is 1.61. The molecule has 0 unspecified atom stereocenters. The molecule has 2 rings (SSSR count). The molecule has 1 amide bonds. The van der Waals surface area contributed by atoms with E-state index >= 15 is 0 Å². The smallest absolute Gasteiger partial charge is 0.250 e. The number of likely N-dealkylation sites (tertiary alicyclic amines) is 1. The summed E-state index contributed by atoms with van der Waals surface area (Å²) in [6.07, 6.45) is 6.01. The molecule has 0 spiro atoms. The molecule has 110 valence electrons. The Morgan fingerprint density at radius 2 is 1.79 bits per heavy atom. The molecule has 1 heterocycles. The molecule has 2 fully saturated rings. The lowest BCUT2D eigenvalue weighted by Gasteiger charge is -2.31. The fraction of sp³-hybridized carbons (Fsp3) is 0.929. The number of nitrogens with zero attached hydrogens (tertiary/aromatic N) is 1. The number of alkyl halides is 2. The second-order valence-corrected chi connectivity index (χ2v) is 5.94. The average molecular weight is 274 g/mol. The highest BCUT2D eigenvalue weighted by atomic mass is 19.3. The van der Waals surface area contributed by atoms with Gasteiger partial charge in [0.05, 0.1) is 6.54 Å². The first kappa shape index (κ1) is 14.7. The van der Waals surface area contributed by atoms with Crippen molar-refractivity contribution in [2.75, 3.05) is 26.2 Å². The minimum absolute atomic E-state index is 0.0178. The summed E-state index contributed by atoms with van der Waals surface area (Å²) in [4.78, 5) is 13.6. The Kier molecular flexibility index (Phi) is 5.13. The average Bonchev–Trinajstić information content (AvgIpc) is 2.40. The molecule has 0 bridgehead atoms. The Morgan fingerprint density at radius 1 is 1.16 bits per heavy atom. The number of hydrogen-bond acceptors (Lipinski definition) is 2. The summed E-state index contributed by atoms with van der Waals surface area (Å²) < 4.78 is 26.0. The zero-order valence-electron chi connectivity index (χ0n) is 11.5. The van der Waals surface area contributed by atoms with E-state index in [1.807, 2.05) is 4.90 Å². The lowest BCUT2D eigenvalue weighted by atomic mass is 9.89. The molecular weight excluding hydrogens is 250 g/mol. The van der Waals surface area contributed by atoms with Crippen LogP contribution in [-0.2, 0) is 4.79 Å². The summed E-state index contributed by atoms with van der Waals surface area (Å²) in [5.41, 5.74) is 0. The van der Waals surface area contributed by atoms with Crippen LogP contribution in [0, 0.1) is 5.92 Å². The maximum Gasteiger partial charge on any atom is 0.250 e. The van der Waals surface area contributed by atoms with Crippen molar-refractivity contribution >= 4 is 5.91 Å². The molecule has 0 aromatic carbocycles. The molecule has 0 atom stereocenters. The predicted molar refractivity (Wildman–Crippen MR) is 70.2 cm³/mol. The highest BCUT2D eigenvalue weighted by Crippen LogP contribution is 2.27. The van der Waals surface area contributed by atoms with Crippen molar-refractivity contribution in [2.45, 2.75) is 50.9 Å². The standard InChI is InChI=1S/C14H24F2N2O/c15-14(16)6-8-18(9-7-14)11-13(19)17-10-12-4-2-1-3-5-12/h12H,1-11H2,(H,17,19). The van der Waals surface area contributed by atoms with E-state index in [4.69, 9.17) is 0 Å². The van der Waals surface area contributed by atoms with Crippen LogP contribution in [0.5, 0.6) is 0 Å². The summed E-state index contributed by atoms with van der Waals surface area (Å²) in [7, 11) is 0. The van der Waals surface area contributed by atoms with E-state index in [0.29, 0.717) is 19.0 Å². The third kappa shape index (κ3) is 5.05. The minimum atomic E-state index is -2.53. The van der Waals surface area contributed by atoms with Crippen molar-refractivity contribution < 1.29 is 13.6 Å². The van der Waals surface area contributed by atoms with Crippen molar-refractivity contribution in [2.24, 2.45) is 5.92 Å². The number of carbonyl (C=O) groups excluding carboxylic acids is 1. The molecule has 1 saturated heterocycles. The second kappa shape index (κ2) is 6.64. The van der Waals surface area contributed by atoms with Crippen molar-refractivity contribution in [1.29, 1.82) is 0 Å². The first-order chi connectivity index (χ1) is 9.05. The number of amides is 1. The highest BCUT2D eigenvalue weighted by Gasteiger charge is 2.34. The van der Waals surface area contributed by atoms with Crippen LogP contribution in [0.1, 0.15) is 44.9 Å². The van der Waals surface area contributed by atoms with Gasteiger partial charge in [-0.25, -0.2) is 8.78 Å². The molecule has 0 aromatic heterocycles. The van der Waals surface area contributed by atoms with Gasteiger partial charge in [-0.15, -0.1) is 0 Å². The van der Waals surface area contributed by atoms with Crippen LogP contribution in [0.25, 0.3) is 0 Å². The van der Waals surface area contributed by atoms with E-state index in [1.165, 1.54) is 32.1 Å². The van der Waals surface area contributed by atoms with E-state index < -0.39 is 5.92 Å². The predicted octanol–water partition coefficient (Wildman–Crippen LogP) is 2.41. The molecule has 1 saturated carbocycles. The summed E-state index contributed by atoms with van der Waals surface area (Å²) in [6, 6.07) is 0. The van der Waals surface area contributed by atoms with Crippen LogP contribution in [0.2, 0.25) is 0 Å². The Labute approximate surface area is 113 Å². The number of halogens is 2. The molecule has 3 nitrogen and oxygen atoms in total. The number of piperidine rings is 1. The fourth-order valence-corrected chi connectivity index (χ4v) is 2.95. The number of hydrogen-bond donors (Lipinski definition) is 1. The highest BCUT2D eigenvalue weighted by molar-refractivity contribution is 5.78. The molecule has 19 heavy (non-hydrogen) atoms. The van der Waals surface area contributed by atoms with E-state index in [9.17, 15) is 13.6 Å². The third-order valence-electron chi connectivity index (χ3n) is 4.27. The monoisotopic (exact) mass is 274 g/mol. The van der Waals surface area contributed by atoms with Crippen LogP contribution in [0.4, 0.5) is 8.78 Å². The van der Waals surface area contributed by atoms with Gasteiger partial charge in [-0.2, -0.15) is 0 Å². The first-order valence-corrected chi connectivity index (χ1v) is 7.42. The lowest BCUT2D eigenvalue weighted by Crippen LogP contribution is -2.45. The van der Waals surface area contributed by atoms with Gasteiger partial charge in [0.25, 0.3) is 5.92 Å². The molecule has 1 aliphatic heterocycles. The number of carbonyl (C=O) groups is 1. The topological polar surface area (TPSA) is 32.3 Å².